The lowest BCUT2D eigenvalue weighted by molar-refractivity contribution is 0.0341. The molecule has 1 fully saturated rings. The van der Waals surface area contributed by atoms with Gasteiger partial charge in [0.05, 0.1) is 33.0 Å². The fraction of sp³-hybridized carbons (Fsp3) is 0.259. The number of nitrogens with zero attached hydrogens (tertiary/aromatic N) is 3. The lowest BCUT2D eigenvalue weighted by Crippen LogP contribution is -2.35. The highest BCUT2D eigenvalue weighted by atomic mass is 19.1. The molecule has 0 saturated carbocycles. The van der Waals surface area contributed by atoms with Crippen LogP contribution in [0.4, 0.5) is 20.4 Å². The van der Waals surface area contributed by atoms with Gasteiger partial charge in [-0.3, -0.25) is 4.90 Å². The van der Waals surface area contributed by atoms with Crippen molar-refractivity contribution < 1.29 is 23.0 Å². The molecule has 0 spiro atoms. The van der Waals surface area contributed by atoms with E-state index in [0.29, 0.717) is 17.2 Å². The minimum absolute atomic E-state index is 0.0931. The summed E-state index contributed by atoms with van der Waals surface area (Å²) in [6.45, 7) is 4.22. The average molecular weight is 493 g/mol. The second kappa shape index (κ2) is 10.4. The van der Waals surface area contributed by atoms with E-state index in [1.54, 1.807) is 24.4 Å². The molecule has 0 bridgehead atoms. The third kappa shape index (κ3) is 4.93. The Morgan fingerprint density at radius 3 is 2.25 bits per heavy atom. The summed E-state index contributed by atoms with van der Waals surface area (Å²) in [5.41, 5.74) is 1.28. The van der Waals surface area contributed by atoms with E-state index in [2.05, 4.69) is 20.2 Å². The van der Waals surface area contributed by atoms with Crippen LogP contribution in [0.1, 0.15) is 5.56 Å². The molecule has 36 heavy (non-hydrogen) atoms. The minimum Gasteiger partial charge on any atom is -0.494 e. The molecule has 2 aromatic heterocycles. The largest absolute Gasteiger partial charge is 0.494 e. The van der Waals surface area contributed by atoms with Crippen LogP contribution in [-0.2, 0) is 11.3 Å². The second-order valence-electron chi connectivity index (χ2n) is 8.48. The van der Waals surface area contributed by atoms with Crippen molar-refractivity contribution in [1.82, 2.24) is 14.9 Å². The number of fused-ring (bicyclic) bond motifs is 1. The monoisotopic (exact) mass is 492 g/mol. The van der Waals surface area contributed by atoms with Crippen molar-refractivity contribution in [3.63, 3.8) is 0 Å². The number of halogens is 2. The molecule has 1 saturated heterocycles. The molecule has 1 N–H and O–H groups in total. The number of anilines is 2. The summed E-state index contributed by atoms with van der Waals surface area (Å²) >= 11 is 0. The molecule has 7 nitrogen and oxygen atoms in total. The molecule has 0 amide bonds. The van der Waals surface area contributed by atoms with Gasteiger partial charge < -0.3 is 19.5 Å². The summed E-state index contributed by atoms with van der Waals surface area (Å²) in [6.07, 6.45) is 3.51. The molecular weight excluding hydrogens is 466 g/mol. The van der Waals surface area contributed by atoms with Crippen LogP contribution >= 0.6 is 0 Å². The van der Waals surface area contributed by atoms with Crippen LogP contribution in [0.5, 0.6) is 11.5 Å². The Balaban J connectivity index is 1.36. The lowest BCUT2D eigenvalue weighted by atomic mass is 10.0. The van der Waals surface area contributed by atoms with Gasteiger partial charge in [0.15, 0.2) is 23.1 Å². The van der Waals surface area contributed by atoms with E-state index in [-0.39, 0.29) is 17.1 Å². The van der Waals surface area contributed by atoms with Gasteiger partial charge >= 0.3 is 0 Å². The zero-order valence-electron chi connectivity index (χ0n) is 20.1. The summed E-state index contributed by atoms with van der Waals surface area (Å²) in [7, 11) is 2.65. The highest BCUT2D eigenvalue weighted by Crippen LogP contribution is 2.38. The lowest BCUT2D eigenvalue weighted by Gasteiger charge is -2.26. The van der Waals surface area contributed by atoms with Gasteiger partial charge in [-0.2, -0.15) is 0 Å². The molecule has 1 aliphatic rings. The number of aromatic nitrogens is 2. The molecule has 0 atom stereocenters. The number of pyridine rings is 2. The van der Waals surface area contributed by atoms with Crippen LogP contribution in [0, 0.1) is 11.6 Å². The van der Waals surface area contributed by atoms with Crippen molar-refractivity contribution in [3.8, 4) is 22.6 Å². The zero-order valence-corrected chi connectivity index (χ0v) is 20.1. The standard InChI is InChI=1S/C27H26F2N4O3/c1-34-21-13-22(35-2)27(29)25(26(21)28)19-5-4-18-12-24(31-15-20(18)11-19)32-23-6-3-17(14-30-23)16-33-7-9-36-10-8-33/h3-6,11-15H,7-10,16H2,1-2H3,(H,30,31,32). The number of hydrogen-bond acceptors (Lipinski definition) is 7. The summed E-state index contributed by atoms with van der Waals surface area (Å²) in [6, 6.07) is 12.2. The van der Waals surface area contributed by atoms with E-state index in [9.17, 15) is 8.78 Å². The normalized spacial score (nSPS) is 14.1. The van der Waals surface area contributed by atoms with E-state index < -0.39 is 11.6 Å². The first kappa shape index (κ1) is 23.9. The molecule has 2 aromatic carbocycles. The number of rotatable bonds is 7. The van der Waals surface area contributed by atoms with Gasteiger partial charge in [-0.1, -0.05) is 18.2 Å². The molecular formula is C27H26F2N4O3. The van der Waals surface area contributed by atoms with Gasteiger partial charge in [0.1, 0.15) is 11.6 Å². The molecule has 0 unspecified atom stereocenters. The Hall–Kier alpha value is -3.82. The Labute approximate surface area is 207 Å². The Kier molecular flexibility index (Phi) is 6.92. The highest BCUT2D eigenvalue weighted by Gasteiger charge is 2.21. The van der Waals surface area contributed by atoms with E-state index in [1.807, 2.05) is 24.4 Å². The van der Waals surface area contributed by atoms with Crippen LogP contribution in [0.3, 0.4) is 0 Å². The van der Waals surface area contributed by atoms with Crippen LogP contribution in [-0.4, -0.2) is 55.4 Å². The van der Waals surface area contributed by atoms with E-state index in [0.717, 1.165) is 49.2 Å². The maximum absolute atomic E-state index is 14.9. The quantitative estimate of drug-likeness (QED) is 0.382. The first-order valence-corrected chi connectivity index (χ1v) is 11.6. The van der Waals surface area contributed by atoms with Crippen molar-refractivity contribution in [2.45, 2.75) is 6.54 Å². The molecule has 0 aliphatic carbocycles. The predicted octanol–water partition coefficient (Wildman–Crippen LogP) is 5.17. The van der Waals surface area contributed by atoms with Gasteiger partial charge in [0.2, 0.25) is 0 Å². The van der Waals surface area contributed by atoms with Crippen molar-refractivity contribution in [2.75, 3.05) is 45.8 Å². The van der Waals surface area contributed by atoms with Gasteiger partial charge in [0, 0.05) is 43.5 Å². The molecule has 9 heteroatoms. The number of methoxy groups -OCH3 is 2. The first-order valence-electron chi connectivity index (χ1n) is 11.6. The van der Waals surface area contributed by atoms with Gasteiger partial charge in [-0.15, -0.1) is 0 Å². The number of nitrogens with one attached hydrogen (secondary N) is 1. The summed E-state index contributed by atoms with van der Waals surface area (Å²) in [5, 5.41) is 4.80. The van der Waals surface area contributed by atoms with Crippen LogP contribution < -0.4 is 14.8 Å². The van der Waals surface area contributed by atoms with Crippen molar-refractivity contribution in [1.29, 1.82) is 0 Å². The van der Waals surface area contributed by atoms with E-state index in [1.165, 1.54) is 20.3 Å². The Bertz CT molecular complexity index is 1350. The van der Waals surface area contributed by atoms with Crippen molar-refractivity contribution >= 4 is 22.4 Å². The molecule has 3 heterocycles. The molecule has 0 radical (unpaired) electrons. The van der Waals surface area contributed by atoms with Crippen LogP contribution in [0.25, 0.3) is 21.9 Å². The maximum Gasteiger partial charge on any atom is 0.176 e. The SMILES string of the molecule is COc1cc(OC)c(F)c(-c2ccc3cc(Nc4ccc(CN5CCOCC5)cn4)ncc3c2)c1F. The van der Waals surface area contributed by atoms with Gasteiger partial charge in [0.25, 0.3) is 0 Å². The number of morpholine rings is 1. The minimum atomic E-state index is -0.787. The zero-order chi connectivity index (χ0) is 25.1. The van der Waals surface area contributed by atoms with Gasteiger partial charge in [-0.25, -0.2) is 18.7 Å². The topological polar surface area (TPSA) is 68.7 Å². The molecule has 186 valence electrons. The number of benzene rings is 2. The highest BCUT2D eigenvalue weighted by molar-refractivity contribution is 5.89. The Morgan fingerprint density at radius 1 is 0.861 bits per heavy atom. The number of hydrogen-bond donors (Lipinski definition) is 1. The third-order valence-electron chi connectivity index (χ3n) is 6.17. The predicted molar refractivity (Wildman–Crippen MR) is 134 cm³/mol. The average Bonchev–Trinajstić information content (AvgIpc) is 2.91. The molecule has 4 aromatic rings. The first-order chi connectivity index (χ1) is 17.6. The second-order valence-corrected chi connectivity index (χ2v) is 8.48. The molecule has 5 rings (SSSR count). The summed E-state index contributed by atoms with van der Waals surface area (Å²) in [5.74, 6) is -0.469. The maximum atomic E-state index is 14.9. The van der Waals surface area contributed by atoms with Crippen LogP contribution in [0.15, 0.2) is 54.9 Å². The molecule has 1 aliphatic heterocycles. The van der Waals surface area contributed by atoms with E-state index >= 15 is 0 Å². The summed E-state index contributed by atoms with van der Waals surface area (Å²) in [4.78, 5) is 11.3. The van der Waals surface area contributed by atoms with Crippen LogP contribution in [0.2, 0.25) is 0 Å². The summed E-state index contributed by atoms with van der Waals surface area (Å²) < 4.78 is 45.4. The van der Waals surface area contributed by atoms with Gasteiger partial charge in [-0.05, 0) is 34.7 Å². The fourth-order valence-corrected chi connectivity index (χ4v) is 4.25. The third-order valence-corrected chi connectivity index (χ3v) is 6.17. The van der Waals surface area contributed by atoms with E-state index in [4.69, 9.17) is 14.2 Å². The van der Waals surface area contributed by atoms with Crippen molar-refractivity contribution in [3.05, 3.63) is 72.1 Å². The van der Waals surface area contributed by atoms with Crippen molar-refractivity contribution in [2.24, 2.45) is 0 Å². The smallest absolute Gasteiger partial charge is 0.176 e. The Morgan fingerprint density at radius 2 is 1.58 bits per heavy atom. The number of ether oxygens (including phenoxy) is 3. The fourth-order valence-electron chi connectivity index (χ4n) is 4.25.